The number of aromatic hydroxyl groups is 2. The van der Waals surface area contributed by atoms with Gasteiger partial charge in [-0.05, 0) is 60.5 Å². The fourth-order valence-electron chi connectivity index (χ4n) is 3.51. The number of aliphatic hydroxyl groups excluding tert-OH is 2. The lowest BCUT2D eigenvalue weighted by molar-refractivity contribution is 0.174. The molecule has 0 spiro atoms. The van der Waals surface area contributed by atoms with Crippen LogP contribution in [0.2, 0.25) is 0 Å². The molecule has 0 fully saturated rings. The Kier molecular flexibility index (Phi) is 11.6. The van der Waals surface area contributed by atoms with Crippen molar-refractivity contribution >= 4 is 0 Å². The highest BCUT2D eigenvalue weighted by molar-refractivity contribution is 5.28. The molecule has 0 saturated heterocycles. The third-order valence-electron chi connectivity index (χ3n) is 5.59. The van der Waals surface area contributed by atoms with Gasteiger partial charge in [-0.15, -0.1) is 0 Å². The number of hydrogen-bond donors (Lipinski definition) is 6. The van der Waals surface area contributed by atoms with E-state index >= 15 is 0 Å². The number of aliphatic hydroxyl groups is 2. The lowest BCUT2D eigenvalue weighted by Gasteiger charge is -2.12. The molecule has 2 unspecified atom stereocenters. The minimum Gasteiger partial charge on any atom is -0.508 e. The molecule has 0 amide bonds. The summed E-state index contributed by atoms with van der Waals surface area (Å²) in [6, 6.07) is 18.9. The van der Waals surface area contributed by atoms with Crippen LogP contribution >= 0.6 is 0 Å². The number of benzene rings is 2. The number of rotatable bonds is 12. The molecule has 0 aliphatic heterocycles. The molecule has 2 atom stereocenters. The first-order valence-electron chi connectivity index (χ1n) is 12.2. The van der Waals surface area contributed by atoms with Crippen LogP contribution in [0.1, 0.15) is 35.4 Å². The number of pyridine rings is 1. The summed E-state index contributed by atoms with van der Waals surface area (Å²) in [6.07, 6.45) is 7.09. The number of imidazole rings is 1. The summed E-state index contributed by atoms with van der Waals surface area (Å²) in [7, 11) is 0. The van der Waals surface area contributed by atoms with E-state index in [2.05, 4.69) is 20.6 Å². The van der Waals surface area contributed by atoms with E-state index < -0.39 is 12.2 Å². The minimum absolute atomic E-state index is 0.201. The maximum atomic E-state index is 9.94. The van der Waals surface area contributed by atoms with Crippen LogP contribution in [0.25, 0.3) is 0 Å². The predicted molar refractivity (Wildman–Crippen MR) is 142 cm³/mol. The largest absolute Gasteiger partial charge is 0.508 e. The van der Waals surface area contributed by atoms with Gasteiger partial charge in [0.05, 0.1) is 24.2 Å². The fourth-order valence-corrected chi connectivity index (χ4v) is 3.51. The van der Waals surface area contributed by atoms with Gasteiger partial charge in [0.25, 0.3) is 0 Å². The number of phenolic OH excluding ortho intramolecular Hbond substituents is 2. The molecule has 2 aromatic heterocycles. The molecule has 9 heteroatoms. The Morgan fingerprint density at radius 1 is 0.757 bits per heavy atom. The molecule has 4 aromatic rings. The quantitative estimate of drug-likeness (QED) is 0.162. The lowest BCUT2D eigenvalue weighted by Crippen LogP contribution is -2.23. The maximum absolute atomic E-state index is 9.94. The zero-order chi connectivity index (χ0) is 26.3. The molecule has 0 bridgehead atoms. The zero-order valence-corrected chi connectivity index (χ0v) is 20.7. The van der Waals surface area contributed by atoms with Crippen molar-refractivity contribution in [1.29, 1.82) is 0 Å². The maximum Gasteiger partial charge on any atom is 0.115 e. The Morgan fingerprint density at radius 3 is 1.92 bits per heavy atom. The lowest BCUT2D eigenvalue weighted by atomic mass is 10.1. The zero-order valence-electron chi connectivity index (χ0n) is 20.7. The van der Waals surface area contributed by atoms with Crippen molar-refractivity contribution < 1.29 is 20.4 Å². The van der Waals surface area contributed by atoms with E-state index in [4.69, 9.17) is 5.11 Å². The van der Waals surface area contributed by atoms with Crippen molar-refractivity contribution in [2.45, 2.75) is 31.7 Å². The van der Waals surface area contributed by atoms with Gasteiger partial charge in [0.1, 0.15) is 11.5 Å². The topological polar surface area (TPSA) is 136 Å². The summed E-state index contributed by atoms with van der Waals surface area (Å²) < 4.78 is 2.03. The third kappa shape index (κ3) is 10.4. The van der Waals surface area contributed by atoms with Gasteiger partial charge in [-0.25, -0.2) is 4.98 Å². The average Bonchev–Trinajstić information content (AvgIpc) is 3.44. The monoisotopic (exact) mass is 505 g/mol. The van der Waals surface area contributed by atoms with Crippen LogP contribution in [0.15, 0.2) is 91.6 Å². The normalized spacial score (nSPS) is 12.4. The van der Waals surface area contributed by atoms with Gasteiger partial charge in [-0.2, -0.15) is 0 Å². The van der Waals surface area contributed by atoms with E-state index in [1.165, 1.54) is 0 Å². The van der Waals surface area contributed by atoms with E-state index in [1.54, 1.807) is 67.3 Å². The third-order valence-corrected chi connectivity index (χ3v) is 5.59. The van der Waals surface area contributed by atoms with Crippen molar-refractivity contribution in [2.75, 3.05) is 19.6 Å². The number of nitrogens with zero attached hydrogens (tertiary/aromatic N) is 3. The molecule has 9 nitrogen and oxygen atoms in total. The first kappa shape index (κ1) is 27.8. The van der Waals surface area contributed by atoms with Gasteiger partial charge < -0.3 is 35.6 Å². The molecular formula is C28H35N5O4. The van der Waals surface area contributed by atoms with Crippen LogP contribution < -0.4 is 10.6 Å². The van der Waals surface area contributed by atoms with Gasteiger partial charge in [0, 0.05) is 44.8 Å². The molecule has 0 aliphatic carbocycles. The molecule has 6 N–H and O–H groups in total. The van der Waals surface area contributed by atoms with Gasteiger partial charge in [-0.1, -0.05) is 30.3 Å². The average molecular weight is 506 g/mol. The summed E-state index contributed by atoms with van der Waals surface area (Å²) in [6.45, 7) is 3.33. The highest BCUT2D eigenvalue weighted by atomic mass is 16.3. The first-order chi connectivity index (χ1) is 18.0. The summed E-state index contributed by atoms with van der Waals surface area (Å²) in [5.74, 6) is 0.414. The Morgan fingerprint density at radius 2 is 1.38 bits per heavy atom. The van der Waals surface area contributed by atoms with Gasteiger partial charge in [0.2, 0.25) is 0 Å². The Bertz CT molecular complexity index is 1120. The predicted octanol–water partition coefficient (Wildman–Crippen LogP) is 2.91. The molecular weight excluding hydrogens is 470 g/mol. The van der Waals surface area contributed by atoms with E-state index in [0.717, 1.165) is 36.3 Å². The number of hydrogen-bond acceptors (Lipinski definition) is 8. The SMILES string of the molecule is Oc1ccc(C(O)CNCCCn2ccnc2)cc1.Oc1ccc(C(O)CNCc2ccccn2)cc1. The number of aromatic nitrogens is 3. The van der Waals surface area contributed by atoms with Crippen LogP contribution in [0.4, 0.5) is 0 Å². The standard InChI is InChI=1S/C14H19N3O2.C14H16N2O2/c18-13-4-2-12(3-5-13)14(19)10-15-6-1-8-17-9-7-16-11-17;17-13-6-4-11(5-7-13)14(18)10-15-9-12-3-1-2-8-16-12/h2-5,7,9,11,14-15,18-19H,1,6,8,10H2;1-8,14-15,17-18H,9-10H2. The van der Waals surface area contributed by atoms with Crippen molar-refractivity contribution in [3.8, 4) is 11.5 Å². The highest BCUT2D eigenvalue weighted by Crippen LogP contribution is 2.17. The molecule has 0 radical (unpaired) electrons. The van der Waals surface area contributed by atoms with Gasteiger partial charge in [0.15, 0.2) is 0 Å². The highest BCUT2D eigenvalue weighted by Gasteiger charge is 2.07. The van der Waals surface area contributed by atoms with Crippen LogP contribution in [-0.2, 0) is 13.1 Å². The second-order valence-corrected chi connectivity index (χ2v) is 8.52. The second-order valence-electron chi connectivity index (χ2n) is 8.52. The molecule has 4 rings (SSSR count). The second kappa shape index (κ2) is 15.4. The van der Waals surface area contributed by atoms with Crippen molar-refractivity contribution in [3.05, 3.63) is 108 Å². The smallest absolute Gasteiger partial charge is 0.115 e. The number of phenols is 2. The van der Waals surface area contributed by atoms with Gasteiger partial charge in [-0.3, -0.25) is 4.98 Å². The molecule has 37 heavy (non-hydrogen) atoms. The summed E-state index contributed by atoms with van der Waals surface area (Å²) in [5, 5.41) is 44.5. The molecule has 196 valence electrons. The molecule has 2 heterocycles. The summed E-state index contributed by atoms with van der Waals surface area (Å²) in [4.78, 5) is 8.16. The fraction of sp³-hybridized carbons (Fsp3) is 0.286. The van der Waals surface area contributed by atoms with E-state index in [-0.39, 0.29) is 11.5 Å². The first-order valence-corrected chi connectivity index (χ1v) is 12.2. The van der Waals surface area contributed by atoms with Crippen LogP contribution in [-0.4, -0.2) is 54.6 Å². The molecule has 2 aromatic carbocycles. The summed E-state index contributed by atoms with van der Waals surface area (Å²) >= 11 is 0. The van der Waals surface area contributed by atoms with Crippen molar-refractivity contribution in [3.63, 3.8) is 0 Å². The minimum atomic E-state index is -0.589. The summed E-state index contributed by atoms with van der Waals surface area (Å²) in [5.41, 5.74) is 2.52. The van der Waals surface area contributed by atoms with Crippen LogP contribution in [0, 0.1) is 0 Å². The van der Waals surface area contributed by atoms with Crippen LogP contribution in [0.5, 0.6) is 11.5 Å². The number of aryl methyl sites for hydroxylation is 1. The molecule has 0 saturated carbocycles. The van der Waals surface area contributed by atoms with Crippen LogP contribution in [0.3, 0.4) is 0 Å². The van der Waals surface area contributed by atoms with Crippen molar-refractivity contribution in [2.24, 2.45) is 0 Å². The Balaban J connectivity index is 0.000000206. The Hall–Kier alpha value is -3.76. The number of nitrogens with one attached hydrogen (secondary N) is 2. The van der Waals surface area contributed by atoms with Crippen molar-refractivity contribution in [1.82, 2.24) is 25.2 Å². The van der Waals surface area contributed by atoms with E-state index in [9.17, 15) is 15.3 Å². The molecule has 0 aliphatic rings. The van der Waals surface area contributed by atoms with E-state index in [0.29, 0.717) is 19.6 Å². The Labute approximate surface area is 217 Å². The van der Waals surface area contributed by atoms with E-state index in [1.807, 2.05) is 29.0 Å². The van der Waals surface area contributed by atoms with Gasteiger partial charge >= 0.3 is 0 Å².